The van der Waals surface area contributed by atoms with Gasteiger partial charge in [-0.15, -0.1) is 0 Å². The highest BCUT2D eigenvalue weighted by atomic mass is 16.3. The number of rotatable bonds is 6. The standard InChI is InChI=1S/C22H28N2O2/c1-18-5-2-3-6-20(18)15-22(17-25)11-4-14-24(16-22)21(26)8-7-19-9-12-23-13-10-19/h2-3,5-6,9-10,12-13,25H,4,7-8,11,14-17H2,1H3. The van der Waals surface area contributed by atoms with Crippen LogP contribution >= 0.6 is 0 Å². The van der Waals surface area contributed by atoms with Crippen LogP contribution in [-0.2, 0) is 17.6 Å². The van der Waals surface area contributed by atoms with E-state index in [1.807, 2.05) is 29.2 Å². The first-order valence-corrected chi connectivity index (χ1v) is 9.44. The van der Waals surface area contributed by atoms with Crippen molar-refractivity contribution < 1.29 is 9.90 Å². The number of piperidine rings is 1. The molecule has 4 heteroatoms. The third-order valence-corrected chi connectivity index (χ3v) is 5.55. The van der Waals surface area contributed by atoms with Crippen LogP contribution in [0.1, 0.15) is 36.0 Å². The Hall–Kier alpha value is -2.20. The molecule has 26 heavy (non-hydrogen) atoms. The van der Waals surface area contributed by atoms with E-state index in [-0.39, 0.29) is 17.9 Å². The minimum Gasteiger partial charge on any atom is -0.396 e. The quantitative estimate of drug-likeness (QED) is 0.869. The molecule has 1 aliphatic heterocycles. The number of aliphatic hydroxyl groups is 1. The highest BCUT2D eigenvalue weighted by Crippen LogP contribution is 2.34. The number of hydrogen-bond donors (Lipinski definition) is 1. The minimum atomic E-state index is -0.226. The summed E-state index contributed by atoms with van der Waals surface area (Å²) in [5.74, 6) is 0.184. The van der Waals surface area contributed by atoms with Crippen LogP contribution in [0.25, 0.3) is 0 Å². The van der Waals surface area contributed by atoms with Crippen molar-refractivity contribution >= 4 is 5.91 Å². The van der Waals surface area contributed by atoms with Gasteiger partial charge >= 0.3 is 0 Å². The van der Waals surface area contributed by atoms with Gasteiger partial charge in [0.05, 0.1) is 6.61 Å². The maximum Gasteiger partial charge on any atom is 0.222 e. The summed E-state index contributed by atoms with van der Waals surface area (Å²) in [6.07, 6.45) is 7.51. The fourth-order valence-electron chi connectivity index (χ4n) is 3.92. The van der Waals surface area contributed by atoms with E-state index in [1.165, 1.54) is 11.1 Å². The molecule has 1 amide bonds. The lowest BCUT2D eigenvalue weighted by atomic mass is 9.75. The molecule has 2 aromatic rings. The number of aromatic nitrogens is 1. The molecule has 0 radical (unpaired) electrons. The predicted octanol–water partition coefficient (Wildman–Crippen LogP) is 3.17. The lowest BCUT2D eigenvalue weighted by Crippen LogP contribution is -2.49. The molecule has 1 aromatic heterocycles. The van der Waals surface area contributed by atoms with Crippen LogP contribution in [-0.4, -0.2) is 40.6 Å². The van der Waals surface area contributed by atoms with Crippen LogP contribution in [0.2, 0.25) is 0 Å². The second-order valence-corrected chi connectivity index (χ2v) is 7.54. The van der Waals surface area contributed by atoms with Crippen molar-refractivity contribution in [2.45, 2.75) is 39.0 Å². The van der Waals surface area contributed by atoms with Crippen molar-refractivity contribution in [2.24, 2.45) is 5.41 Å². The summed E-state index contributed by atoms with van der Waals surface area (Å²) in [7, 11) is 0. The summed E-state index contributed by atoms with van der Waals surface area (Å²) in [5.41, 5.74) is 3.43. The van der Waals surface area contributed by atoms with Gasteiger partial charge in [-0.3, -0.25) is 9.78 Å². The Bertz CT molecular complexity index is 732. The van der Waals surface area contributed by atoms with Gasteiger partial charge in [0.1, 0.15) is 0 Å². The summed E-state index contributed by atoms with van der Waals surface area (Å²) >= 11 is 0. The van der Waals surface area contributed by atoms with Crippen LogP contribution in [0.3, 0.4) is 0 Å². The number of amides is 1. The van der Waals surface area contributed by atoms with Crippen LogP contribution in [0.4, 0.5) is 0 Å². The van der Waals surface area contributed by atoms with Crippen molar-refractivity contribution in [2.75, 3.05) is 19.7 Å². The van der Waals surface area contributed by atoms with E-state index >= 15 is 0 Å². The van der Waals surface area contributed by atoms with E-state index in [9.17, 15) is 9.90 Å². The Morgan fingerprint density at radius 3 is 2.73 bits per heavy atom. The molecule has 1 unspecified atom stereocenters. The van der Waals surface area contributed by atoms with E-state index in [1.54, 1.807) is 12.4 Å². The Kier molecular flexibility index (Phi) is 6.04. The van der Waals surface area contributed by atoms with E-state index in [2.05, 4.69) is 24.0 Å². The molecular weight excluding hydrogens is 324 g/mol. The Labute approximate surface area is 155 Å². The Morgan fingerprint density at radius 2 is 2.00 bits per heavy atom. The first kappa shape index (κ1) is 18.6. The van der Waals surface area contributed by atoms with E-state index in [0.29, 0.717) is 13.0 Å². The van der Waals surface area contributed by atoms with Crippen molar-refractivity contribution in [3.63, 3.8) is 0 Å². The molecule has 4 nitrogen and oxygen atoms in total. The summed E-state index contributed by atoms with van der Waals surface area (Å²) in [4.78, 5) is 18.7. The zero-order valence-electron chi connectivity index (χ0n) is 15.5. The van der Waals surface area contributed by atoms with Crippen molar-refractivity contribution in [1.82, 2.24) is 9.88 Å². The van der Waals surface area contributed by atoms with Crippen LogP contribution in [0.5, 0.6) is 0 Å². The lowest BCUT2D eigenvalue weighted by molar-refractivity contribution is -0.135. The SMILES string of the molecule is Cc1ccccc1CC1(CO)CCCN(C(=O)CCc2ccncc2)C1. The summed E-state index contributed by atoms with van der Waals surface area (Å²) in [6.45, 7) is 3.67. The number of aliphatic hydroxyl groups excluding tert-OH is 1. The smallest absolute Gasteiger partial charge is 0.222 e. The molecule has 1 N–H and O–H groups in total. The normalized spacial score (nSPS) is 20.2. The van der Waals surface area contributed by atoms with E-state index in [4.69, 9.17) is 0 Å². The fourth-order valence-corrected chi connectivity index (χ4v) is 3.92. The molecule has 0 aliphatic carbocycles. The summed E-state index contributed by atoms with van der Waals surface area (Å²) < 4.78 is 0. The third-order valence-electron chi connectivity index (χ3n) is 5.55. The van der Waals surface area contributed by atoms with Gasteiger partial charge in [-0.05, 0) is 61.4 Å². The van der Waals surface area contributed by atoms with E-state index < -0.39 is 0 Å². The van der Waals surface area contributed by atoms with Gasteiger partial charge in [-0.25, -0.2) is 0 Å². The summed E-state index contributed by atoms with van der Waals surface area (Å²) in [5, 5.41) is 10.2. The number of benzene rings is 1. The second kappa shape index (κ2) is 8.45. The molecule has 1 atom stereocenters. The zero-order valence-corrected chi connectivity index (χ0v) is 15.5. The zero-order chi connectivity index (χ0) is 18.4. The first-order chi connectivity index (χ1) is 12.6. The number of carbonyl (C=O) groups is 1. The van der Waals surface area contributed by atoms with Gasteiger partial charge in [0.2, 0.25) is 5.91 Å². The van der Waals surface area contributed by atoms with E-state index in [0.717, 1.165) is 37.8 Å². The first-order valence-electron chi connectivity index (χ1n) is 9.44. The topological polar surface area (TPSA) is 53.4 Å². The molecule has 3 rings (SSSR count). The lowest BCUT2D eigenvalue weighted by Gasteiger charge is -2.42. The van der Waals surface area contributed by atoms with Crippen LogP contribution in [0, 0.1) is 12.3 Å². The van der Waals surface area contributed by atoms with Crippen molar-refractivity contribution in [1.29, 1.82) is 0 Å². The fraction of sp³-hybridized carbons (Fsp3) is 0.455. The Balaban J connectivity index is 1.64. The molecule has 138 valence electrons. The third kappa shape index (κ3) is 4.50. The number of nitrogens with zero attached hydrogens (tertiary/aromatic N) is 2. The monoisotopic (exact) mass is 352 g/mol. The van der Waals surface area contributed by atoms with Gasteiger partial charge in [-0.2, -0.15) is 0 Å². The maximum atomic E-state index is 12.7. The molecule has 1 fully saturated rings. The molecule has 0 saturated carbocycles. The molecular formula is C22H28N2O2. The molecule has 0 spiro atoms. The number of aryl methyl sites for hydroxylation is 2. The predicted molar refractivity (Wildman–Crippen MR) is 103 cm³/mol. The average Bonchev–Trinajstić information content (AvgIpc) is 2.69. The molecule has 2 heterocycles. The number of pyridine rings is 1. The van der Waals surface area contributed by atoms with Crippen LogP contribution < -0.4 is 0 Å². The highest BCUT2D eigenvalue weighted by molar-refractivity contribution is 5.76. The van der Waals surface area contributed by atoms with Gasteiger partial charge in [0, 0.05) is 37.3 Å². The Morgan fingerprint density at radius 1 is 1.23 bits per heavy atom. The van der Waals surface area contributed by atoms with Gasteiger partial charge in [-0.1, -0.05) is 24.3 Å². The molecule has 0 bridgehead atoms. The molecule has 1 aliphatic rings. The van der Waals surface area contributed by atoms with Crippen LogP contribution in [0.15, 0.2) is 48.8 Å². The summed E-state index contributed by atoms with van der Waals surface area (Å²) in [6, 6.07) is 12.3. The minimum absolute atomic E-state index is 0.121. The largest absolute Gasteiger partial charge is 0.396 e. The second-order valence-electron chi connectivity index (χ2n) is 7.54. The molecule has 1 saturated heterocycles. The van der Waals surface area contributed by atoms with Gasteiger partial charge < -0.3 is 10.0 Å². The van der Waals surface area contributed by atoms with Crippen molar-refractivity contribution in [3.8, 4) is 0 Å². The van der Waals surface area contributed by atoms with Crippen molar-refractivity contribution in [3.05, 3.63) is 65.5 Å². The average molecular weight is 352 g/mol. The maximum absolute atomic E-state index is 12.7. The number of hydrogen-bond acceptors (Lipinski definition) is 3. The number of carbonyl (C=O) groups excluding carboxylic acids is 1. The highest BCUT2D eigenvalue weighted by Gasteiger charge is 2.36. The van der Waals surface area contributed by atoms with Gasteiger partial charge in [0.15, 0.2) is 0 Å². The number of likely N-dealkylation sites (tertiary alicyclic amines) is 1. The molecule has 1 aromatic carbocycles. The van der Waals surface area contributed by atoms with Gasteiger partial charge in [0.25, 0.3) is 0 Å².